The fourth-order valence-corrected chi connectivity index (χ4v) is 2.58. The van der Waals surface area contributed by atoms with E-state index in [0.29, 0.717) is 12.3 Å². The summed E-state index contributed by atoms with van der Waals surface area (Å²) < 4.78 is 23.5. The van der Waals surface area contributed by atoms with Crippen molar-refractivity contribution in [2.45, 2.75) is 23.8 Å². The minimum absolute atomic E-state index is 0.127. The van der Waals surface area contributed by atoms with Gasteiger partial charge in [0.15, 0.2) is 0 Å². The molecule has 1 heterocycles. The molecule has 0 radical (unpaired) electrons. The summed E-state index contributed by atoms with van der Waals surface area (Å²) >= 11 is 5.48. The molecule has 0 aromatic carbocycles. The summed E-state index contributed by atoms with van der Waals surface area (Å²) in [5.74, 6) is 0.313. The molecular weight excluding hydrogens is 224 g/mol. The van der Waals surface area contributed by atoms with Crippen molar-refractivity contribution in [3.63, 3.8) is 0 Å². The zero-order valence-electron chi connectivity index (χ0n) is 7.72. The summed E-state index contributed by atoms with van der Waals surface area (Å²) in [6, 6.07) is 1.57. The Morgan fingerprint density at radius 3 is 2.50 bits per heavy atom. The molecular formula is C8H11ClN2O2S. The van der Waals surface area contributed by atoms with Gasteiger partial charge in [0.05, 0.1) is 5.25 Å². The van der Waals surface area contributed by atoms with Gasteiger partial charge in [0.25, 0.3) is 0 Å². The van der Waals surface area contributed by atoms with Crippen LogP contribution in [0.5, 0.6) is 0 Å². The van der Waals surface area contributed by atoms with Crippen molar-refractivity contribution in [3.8, 4) is 0 Å². The molecule has 1 atom stereocenters. The van der Waals surface area contributed by atoms with Gasteiger partial charge < -0.3 is 0 Å². The Balaban J connectivity index is 2.97. The van der Waals surface area contributed by atoms with Gasteiger partial charge in [0, 0.05) is 18.3 Å². The monoisotopic (exact) mass is 234 g/mol. The molecule has 0 spiro atoms. The number of sulfone groups is 1. The maximum absolute atomic E-state index is 11.7. The van der Waals surface area contributed by atoms with Gasteiger partial charge in [-0.05, 0) is 19.4 Å². The fourth-order valence-electron chi connectivity index (χ4n) is 0.921. The van der Waals surface area contributed by atoms with Gasteiger partial charge in [-0.25, -0.2) is 18.4 Å². The van der Waals surface area contributed by atoms with Gasteiger partial charge in [-0.15, -0.1) is 11.6 Å². The van der Waals surface area contributed by atoms with Crippen molar-refractivity contribution in [2.24, 2.45) is 0 Å². The summed E-state index contributed by atoms with van der Waals surface area (Å²) in [5, 5.41) is -0.667. The van der Waals surface area contributed by atoms with Crippen molar-refractivity contribution in [3.05, 3.63) is 18.5 Å². The highest BCUT2D eigenvalue weighted by Crippen LogP contribution is 2.13. The minimum atomic E-state index is -3.41. The smallest absolute Gasteiger partial charge is 0.227 e. The van der Waals surface area contributed by atoms with E-state index in [1.807, 2.05) is 0 Å². The van der Waals surface area contributed by atoms with Crippen LogP contribution in [0, 0.1) is 0 Å². The topological polar surface area (TPSA) is 59.9 Å². The summed E-state index contributed by atoms with van der Waals surface area (Å²) in [7, 11) is -3.41. The third-order valence-corrected chi connectivity index (χ3v) is 4.08. The van der Waals surface area contributed by atoms with E-state index in [0.717, 1.165) is 0 Å². The van der Waals surface area contributed by atoms with Crippen molar-refractivity contribution < 1.29 is 8.42 Å². The quantitative estimate of drug-likeness (QED) is 0.582. The first-order valence-electron chi connectivity index (χ1n) is 4.16. The molecule has 4 nitrogen and oxygen atoms in total. The molecule has 1 aromatic rings. The van der Waals surface area contributed by atoms with Crippen LogP contribution in [-0.2, 0) is 9.84 Å². The Morgan fingerprint density at radius 1 is 1.43 bits per heavy atom. The zero-order valence-corrected chi connectivity index (χ0v) is 9.29. The zero-order chi connectivity index (χ0) is 10.6. The largest absolute Gasteiger partial charge is 0.247 e. The molecule has 14 heavy (non-hydrogen) atoms. The van der Waals surface area contributed by atoms with Gasteiger partial charge >= 0.3 is 0 Å². The van der Waals surface area contributed by atoms with Crippen molar-refractivity contribution in [1.82, 2.24) is 9.97 Å². The third kappa shape index (κ3) is 2.42. The molecule has 1 rings (SSSR count). The van der Waals surface area contributed by atoms with E-state index in [9.17, 15) is 8.42 Å². The summed E-state index contributed by atoms with van der Waals surface area (Å²) in [6.07, 6.45) is 3.22. The first-order valence-corrected chi connectivity index (χ1v) is 6.24. The lowest BCUT2D eigenvalue weighted by Crippen LogP contribution is -2.20. The van der Waals surface area contributed by atoms with E-state index < -0.39 is 15.1 Å². The van der Waals surface area contributed by atoms with Crippen molar-refractivity contribution in [1.29, 1.82) is 0 Å². The van der Waals surface area contributed by atoms with Crippen LogP contribution in [0.2, 0.25) is 0 Å². The lowest BCUT2D eigenvalue weighted by Gasteiger charge is -2.08. The fraction of sp³-hybridized carbons (Fsp3) is 0.500. The van der Waals surface area contributed by atoms with Gasteiger partial charge in [-0.2, -0.15) is 0 Å². The summed E-state index contributed by atoms with van der Waals surface area (Å²) in [4.78, 5) is 7.42. The SMILES string of the molecule is CC(CCCl)S(=O)(=O)c1ncccn1. The average Bonchev–Trinajstić information content (AvgIpc) is 2.19. The Bertz CT molecular complexity index is 380. The summed E-state index contributed by atoms with van der Waals surface area (Å²) in [6.45, 7) is 1.61. The maximum atomic E-state index is 11.7. The van der Waals surface area contributed by atoms with Crippen molar-refractivity contribution >= 4 is 21.4 Å². The molecule has 0 aliphatic carbocycles. The molecule has 0 saturated carbocycles. The predicted octanol–water partition coefficient (Wildman–Crippen LogP) is 1.27. The van der Waals surface area contributed by atoms with Crippen LogP contribution in [0.15, 0.2) is 23.6 Å². The first kappa shape index (κ1) is 11.4. The number of hydrogen-bond donors (Lipinski definition) is 0. The van der Waals surface area contributed by atoms with Gasteiger partial charge in [-0.1, -0.05) is 0 Å². The van der Waals surface area contributed by atoms with Crippen LogP contribution in [0.1, 0.15) is 13.3 Å². The highest BCUT2D eigenvalue weighted by atomic mass is 35.5. The first-order chi connectivity index (χ1) is 6.59. The molecule has 0 bridgehead atoms. The Labute approximate surface area is 88.3 Å². The van der Waals surface area contributed by atoms with Crippen LogP contribution in [-0.4, -0.2) is 29.5 Å². The number of nitrogens with zero attached hydrogens (tertiary/aromatic N) is 2. The van der Waals surface area contributed by atoms with E-state index in [4.69, 9.17) is 11.6 Å². The van der Waals surface area contributed by atoms with E-state index in [1.165, 1.54) is 12.4 Å². The van der Waals surface area contributed by atoms with Crippen LogP contribution in [0.3, 0.4) is 0 Å². The molecule has 0 saturated heterocycles. The predicted molar refractivity (Wildman–Crippen MR) is 54.0 cm³/mol. The second-order valence-electron chi connectivity index (χ2n) is 2.86. The summed E-state index contributed by atoms with van der Waals surface area (Å²) in [5.41, 5.74) is 0. The standard InChI is InChI=1S/C8H11ClN2O2S/c1-7(3-4-9)14(12,13)8-10-5-2-6-11-8/h2,5-7H,3-4H2,1H3. The molecule has 6 heteroatoms. The maximum Gasteiger partial charge on any atom is 0.247 e. The van der Waals surface area contributed by atoms with Gasteiger partial charge in [0.1, 0.15) is 0 Å². The third-order valence-electron chi connectivity index (χ3n) is 1.84. The molecule has 0 N–H and O–H groups in total. The number of halogens is 1. The second-order valence-corrected chi connectivity index (χ2v) is 5.50. The van der Waals surface area contributed by atoms with Crippen LogP contribution in [0.25, 0.3) is 0 Å². The Kier molecular flexibility index (Phi) is 3.83. The molecule has 0 aliphatic heterocycles. The molecule has 1 unspecified atom stereocenters. The van der Waals surface area contributed by atoms with E-state index in [1.54, 1.807) is 13.0 Å². The molecule has 78 valence electrons. The van der Waals surface area contributed by atoms with Crippen LogP contribution < -0.4 is 0 Å². The van der Waals surface area contributed by atoms with Gasteiger partial charge in [-0.3, -0.25) is 0 Å². The molecule has 0 aliphatic rings. The molecule has 0 fully saturated rings. The van der Waals surface area contributed by atoms with E-state index in [2.05, 4.69) is 9.97 Å². The van der Waals surface area contributed by atoms with Crippen LogP contribution >= 0.6 is 11.6 Å². The average molecular weight is 235 g/mol. The number of alkyl halides is 1. The minimum Gasteiger partial charge on any atom is -0.227 e. The normalized spacial score (nSPS) is 13.9. The lowest BCUT2D eigenvalue weighted by atomic mass is 10.4. The number of hydrogen-bond acceptors (Lipinski definition) is 4. The van der Waals surface area contributed by atoms with Crippen LogP contribution in [0.4, 0.5) is 0 Å². The second kappa shape index (κ2) is 4.70. The molecule has 0 amide bonds. The van der Waals surface area contributed by atoms with Gasteiger partial charge in [0.2, 0.25) is 15.0 Å². The Hall–Kier alpha value is -0.680. The Morgan fingerprint density at radius 2 is 2.00 bits per heavy atom. The molecule has 1 aromatic heterocycles. The number of rotatable bonds is 4. The van der Waals surface area contributed by atoms with E-state index >= 15 is 0 Å². The van der Waals surface area contributed by atoms with Crippen molar-refractivity contribution in [2.75, 3.05) is 5.88 Å². The lowest BCUT2D eigenvalue weighted by molar-refractivity contribution is 0.572. The van der Waals surface area contributed by atoms with E-state index in [-0.39, 0.29) is 5.16 Å². The number of aromatic nitrogens is 2. The highest BCUT2D eigenvalue weighted by molar-refractivity contribution is 7.91. The highest BCUT2D eigenvalue weighted by Gasteiger charge is 2.24.